The molecule has 2 aliphatic heterocycles. The van der Waals surface area contributed by atoms with Gasteiger partial charge in [-0.3, -0.25) is 4.79 Å². The van der Waals surface area contributed by atoms with Gasteiger partial charge in [-0.25, -0.2) is 0 Å². The van der Waals surface area contributed by atoms with Crippen LogP contribution in [0.2, 0.25) is 6.32 Å². The lowest BCUT2D eigenvalue weighted by Crippen LogP contribution is -2.56. The van der Waals surface area contributed by atoms with Gasteiger partial charge in [0, 0.05) is 31.6 Å². The van der Waals surface area contributed by atoms with Gasteiger partial charge in [-0.15, -0.1) is 0 Å². The third-order valence-electron chi connectivity index (χ3n) is 5.65. The average Bonchev–Trinajstić information content (AvgIpc) is 2.95. The lowest BCUT2D eigenvalue weighted by Gasteiger charge is -2.35. The Labute approximate surface area is 161 Å². The average molecular weight is 406 g/mol. The highest BCUT2D eigenvalue weighted by molar-refractivity contribution is 7.86. The predicted molar refractivity (Wildman–Crippen MR) is 101 cm³/mol. The van der Waals surface area contributed by atoms with E-state index in [0.717, 1.165) is 13.1 Å². The number of nitrogens with zero attached hydrogens (tertiary/aromatic N) is 2. The molecule has 156 valence electrons. The molecule has 0 aromatic carbocycles. The Morgan fingerprint density at radius 1 is 1.37 bits per heavy atom. The van der Waals surface area contributed by atoms with Crippen LogP contribution in [-0.2, 0) is 15.0 Å². The van der Waals surface area contributed by atoms with Crippen LogP contribution >= 0.6 is 0 Å². The summed E-state index contributed by atoms with van der Waals surface area (Å²) in [6.45, 7) is 3.34. The molecule has 6 N–H and O–H groups in total. The minimum atomic E-state index is -3.83. The number of aliphatic carboxylic acids is 1. The van der Waals surface area contributed by atoms with Crippen molar-refractivity contribution >= 4 is 23.3 Å². The van der Waals surface area contributed by atoms with Crippen molar-refractivity contribution in [1.29, 1.82) is 0 Å². The fourth-order valence-electron chi connectivity index (χ4n) is 4.06. The zero-order chi connectivity index (χ0) is 20.2. The van der Waals surface area contributed by atoms with Crippen LogP contribution in [0.15, 0.2) is 0 Å². The van der Waals surface area contributed by atoms with Crippen molar-refractivity contribution in [2.24, 2.45) is 11.7 Å². The largest absolute Gasteiger partial charge is 0.480 e. The molecule has 0 spiro atoms. The van der Waals surface area contributed by atoms with Gasteiger partial charge >= 0.3 is 13.1 Å². The number of carboxylic acids is 1. The van der Waals surface area contributed by atoms with Gasteiger partial charge in [0.1, 0.15) is 5.54 Å². The van der Waals surface area contributed by atoms with Gasteiger partial charge in [-0.05, 0) is 38.7 Å². The quantitative estimate of drug-likeness (QED) is 0.283. The highest BCUT2D eigenvalue weighted by Crippen LogP contribution is 2.33. The van der Waals surface area contributed by atoms with Gasteiger partial charge in [0.2, 0.25) is 0 Å². The zero-order valence-corrected chi connectivity index (χ0v) is 16.6. The topological polar surface area (TPSA) is 156 Å². The number of rotatable bonds is 9. The predicted octanol–water partition coefficient (Wildman–Crippen LogP) is -1.73. The maximum atomic E-state index is 13.2. The summed E-state index contributed by atoms with van der Waals surface area (Å²) < 4.78 is 29.0. The molecule has 0 bridgehead atoms. The molecule has 10 nitrogen and oxygen atoms in total. The van der Waals surface area contributed by atoms with Crippen LogP contribution in [0.5, 0.6) is 0 Å². The molecule has 2 heterocycles. The molecule has 0 radical (unpaired) electrons. The maximum Gasteiger partial charge on any atom is 0.451 e. The van der Waals surface area contributed by atoms with Gasteiger partial charge in [0.05, 0.1) is 0 Å². The van der Waals surface area contributed by atoms with E-state index in [1.54, 1.807) is 6.92 Å². The molecule has 0 amide bonds. The molecule has 0 aromatic heterocycles. The molecule has 0 aromatic rings. The first-order chi connectivity index (χ1) is 12.6. The van der Waals surface area contributed by atoms with Crippen molar-refractivity contribution in [2.45, 2.75) is 50.5 Å². The van der Waals surface area contributed by atoms with Crippen molar-refractivity contribution in [3.8, 4) is 0 Å². The zero-order valence-electron chi connectivity index (χ0n) is 15.7. The number of nitrogens with one attached hydrogen (secondary N) is 1. The number of carboxylic acid groups (broad SMARTS) is 1. The molecule has 27 heavy (non-hydrogen) atoms. The highest BCUT2D eigenvalue weighted by atomic mass is 32.2. The summed E-state index contributed by atoms with van der Waals surface area (Å²) in [4.78, 5) is 11.8. The van der Waals surface area contributed by atoms with Crippen molar-refractivity contribution in [2.75, 3.05) is 32.7 Å². The minimum absolute atomic E-state index is 0.0220. The first kappa shape index (κ1) is 22.5. The summed E-state index contributed by atoms with van der Waals surface area (Å²) in [5, 5.41) is 30.8. The van der Waals surface area contributed by atoms with Crippen molar-refractivity contribution in [3.63, 3.8) is 0 Å². The number of hydrogen-bond acceptors (Lipinski definition) is 7. The second kappa shape index (κ2) is 9.16. The third-order valence-corrected chi connectivity index (χ3v) is 7.73. The highest BCUT2D eigenvalue weighted by Gasteiger charge is 2.53. The van der Waals surface area contributed by atoms with Crippen LogP contribution in [0.4, 0.5) is 0 Å². The van der Waals surface area contributed by atoms with Gasteiger partial charge in [-0.2, -0.15) is 17.0 Å². The van der Waals surface area contributed by atoms with E-state index in [1.807, 2.05) is 0 Å². The van der Waals surface area contributed by atoms with Crippen molar-refractivity contribution < 1.29 is 28.4 Å². The summed E-state index contributed by atoms with van der Waals surface area (Å²) in [5.74, 6) is -1.82. The number of nitrogens with two attached hydrogens (primary N) is 1. The summed E-state index contributed by atoms with van der Waals surface area (Å²) in [7, 11) is -5.31. The smallest absolute Gasteiger partial charge is 0.451 e. The molecule has 2 saturated heterocycles. The van der Waals surface area contributed by atoms with Crippen LogP contribution < -0.4 is 11.1 Å². The summed E-state index contributed by atoms with van der Waals surface area (Å²) in [5.41, 5.74) is 4.43. The Morgan fingerprint density at radius 2 is 2.00 bits per heavy atom. The van der Waals surface area contributed by atoms with E-state index in [1.165, 1.54) is 8.61 Å². The second-order valence-corrected chi connectivity index (χ2v) is 9.32. The van der Waals surface area contributed by atoms with Crippen LogP contribution in [0, 0.1) is 5.92 Å². The third kappa shape index (κ3) is 5.00. The van der Waals surface area contributed by atoms with Crippen LogP contribution in [0.25, 0.3) is 0 Å². The number of hydrogen-bond donors (Lipinski definition) is 5. The number of piperidine rings is 1. The number of carbonyl (C=O) groups is 1. The first-order valence-electron chi connectivity index (χ1n) is 9.49. The fourth-order valence-corrected chi connectivity index (χ4v) is 6.02. The standard InChI is InChI=1S/C15H31BN4O6S/c1-2-20(13-5-8-18-9-6-13)27(25,26)19-10-12(4-3-7-16(23)24)15(17,11-19)14(21)22/h12-13,18,23-24H,2-11,17H2,1H3,(H,21,22)/t12-,15-/m0/s1. The SMILES string of the molecule is CCN(C1CCNCC1)S(=O)(=O)N1C[C@H](CCCB(O)O)[C@](N)(C(=O)O)C1. The van der Waals surface area contributed by atoms with Crippen LogP contribution in [0.3, 0.4) is 0 Å². The fraction of sp³-hybridized carbons (Fsp3) is 0.933. The molecule has 2 fully saturated rings. The Hall–Kier alpha value is -0.755. The van der Waals surface area contributed by atoms with Gasteiger partial charge in [0.25, 0.3) is 10.2 Å². The van der Waals surface area contributed by atoms with Gasteiger partial charge in [0.15, 0.2) is 0 Å². The maximum absolute atomic E-state index is 13.2. The van der Waals surface area contributed by atoms with E-state index in [-0.39, 0.29) is 25.5 Å². The van der Waals surface area contributed by atoms with Gasteiger partial charge < -0.3 is 26.2 Å². The molecular weight excluding hydrogens is 375 g/mol. The summed E-state index contributed by atoms with van der Waals surface area (Å²) >= 11 is 0. The molecule has 0 unspecified atom stereocenters. The van der Waals surface area contributed by atoms with Crippen molar-refractivity contribution in [3.05, 3.63) is 0 Å². The van der Waals surface area contributed by atoms with Crippen LogP contribution in [-0.4, -0.2) is 89.6 Å². The van der Waals surface area contributed by atoms with E-state index in [2.05, 4.69) is 5.32 Å². The monoisotopic (exact) mass is 406 g/mol. The Bertz CT molecular complexity index is 615. The molecule has 0 aliphatic carbocycles. The molecule has 2 rings (SSSR count). The second-order valence-electron chi connectivity index (χ2n) is 7.44. The van der Waals surface area contributed by atoms with Crippen LogP contribution in [0.1, 0.15) is 32.6 Å². The van der Waals surface area contributed by atoms with E-state index in [4.69, 9.17) is 15.8 Å². The van der Waals surface area contributed by atoms with E-state index >= 15 is 0 Å². The van der Waals surface area contributed by atoms with Crippen molar-refractivity contribution in [1.82, 2.24) is 13.9 Å². The molecule has 0 saturated carbocycles. The Morgan fingerprint density at radius 3 is 2.52 bits per heavy atom. The molecule has 2 atom stereocenters. The molecular formula is C15H31BN4O6S. The molecule has 2 aliphatic rings. The van der Waals surface area contributed by atoms with Gasteiger partial charge in [-0.1, -0.05) is 13.3 Å². The Kier molecular flexibility index (Phi) is 7.65. The minimum Gasteiger partial charge on any atom is -0.480 e. The van der Waals surface area contributed by atoms with E-state index < -0.39 is 34.8 Å². The summed E-state index contributed by atoms with van der Waals surface area (Å²) in [6, 6.07) is -0.109. The Balaban J connectivity index is 2.17. The summed E-state index contributed by atoms with van der Waals surface area (Å²) in [6.07, 6.45) is 2.19. The normalized spacial score (nSPS) is 28.0. The lowest BCUT2D eigenvalue weighted by molar-refractivity contribution is -0.144. The first-order valence-corrected chi connectivity index (χ1v) is 10.9. The molecule has 12 heteroatoms. The van der Waals surface area contributed by atoms with E-state index in [0.29, 0.717) is 32.2 Å². The van der Waals surface area contributed by atoms with E-state index in [9.17, 15) is 18.3 Å². The lowest BCUT2D eigenvalue weighted by atomic mass is 9.78.